The lowest BCUT2D eigenvalue weighted by atomic mass is 9.97. The first-order valence-corrected chi connectivity index (χ1v) is 15.3. The molecule has 5 rings (SSSR count). The summed E-state index contributed by atoms with van der Waals surface area (Å²) in [6, 6.07) is 10.3. The fraction of sp³-hybridized carbons (Fsp3) is 0.379. The summed E-state index contributed by atoms with van der Waals surface area (Å²) in [5, 5.41) is 3.88. The zero-order valence-corrected chi connectivity index (χ0v) is 25.0. The number of halogens is 1. The Morgan fingerprint density at radius 3 is 2.37 bits per heavy atom. The van der Waals surface area contributed by atoms with Crippen LogP contribution in [0.1, 0.15) is 39.2 Å². The molecule has 4 heterocycles. The second-order valence-corrected chi connectivity index (χ2v) is 13.4. The molecule has 4 aromatic rings. The van der Waals surface area contributed by atoms with E-state index in [-0.39, 0.29) is 27.8 Å². The monoisotopic (exact) mass is 596 g/mol. The molecule has 216 valence electrons. The molecule has 0 unspecified atom stereocenters. The third kappa shape index (κ3) is 6.31. The van der Waals surface area contributed by atoms with E-state index in [9.17, 15) is 13.2 Å². The van der Waals surface area contributed by atoms with Crippen molar-refractivity contribution >= 4 is 44.6 Å². The van der Waals surface area contributed by atoms with Gasteiger partial charge in [-0.2, -0.15) is 4.98 Å². The number of piperidine rings is 1. The van der Waals surface area contributed by atoms with Gasteiger partial charge in [0.15, 0.2) is 5.65 Å². The van der Waals surface area contributed by atoms with Gasteiger partial charge in [-0.3, -0.25) is 4.98 Å². The maximum Gasteiger partial charge on any atom is 0.410 e. The number of anilines is 1. The van der Waals surface area contributed by atoms with Crippen molar-refractivity contribution in [2.75, 3.05) is 25.0 Å². The molecule has 1 saturated heterocycles. The van der Waals surface area contributed by atoms with Crippen molar-refractivity contribution < 1.29 is 17.9 Å². The number of carbonyl (C=O) groups excluding carboxylic acids is 1. The average Bonchev–Trinajstić information content (AvgIpc) is 3.32. The number of aromatic nitrogens is 4. The first-order chi connectivity index (χ1) is 19.4. The number of likely N-dealkylation sites (tertiary alicyclic amines) is 1. The van der Waals surface area contributed by atoms with Gasteiger partial charge in [-0.25, -0.2) is 22.2 Å². The fourth-order valence-corrected chi connectivity index (χ4v) is 6.32. The zero-order chi connectivity index (χ0) is 29.4. The van der Waals surface area contributed by atoms with Gasteiger partial charge in [0.25, 0.3) is 10.0 Å². The van der Waals surface area contributed by atoms with Gasteiger partial charge in [0, 0.05) is 43.8 Å². The zero-order valence-electron chi connectivity index (χ0n) is 23.5. The number of benzene rings is 1. The van der Waals surface area contributed by atoms with Crippen LogP contribution in [0.15, 0.2) is 59.9 Å². The van der Waals surface area contributed by atoms with Crippen LogP contribution < -0.4 is 5.32 Å². The molecule has 41 heavy (non-hydrogen) atoms. The minimum absolute atomic E-state index is 0.0699. The minimum atomic E-state index is -3.99. The van der Waals surface area contributed by atoms with Gasteiger partial charge in [-0.1, -0.05) is 17.7 Å². The summed E-state index contributed by atoms with van der Waals surface area (Å²) in [6.45, 7) is 9.22. The van der Waals surface area contributed by atoms with Crippen molar-refractivity contribution in [1.82, 2.24) is 23.8 Å². The molecular formula is C29H33ClN6O4S. The minimum Gasteiger partial charge on any atom is -0.444 e. The highest BCUT2D eigenvalue weighted by Gasteiger charge is 2.29. The number of hydrogen-bond donors (Lipinski definition) is 1. The van der Waals surface area contributed by atoms with E-state index in [4.69, 9.17) is 16.3 Å². The van der Waals surface area contributed by atoms with Crippen LogP contribution in [-0.4, -0.2) is 63.6 Å². The van der Waals surface area contributed by atoms with Gasteiger partial charge in [-0.05, 0) is 87.9 Å². The predicted molar refractivity (Wildman–Crippen MR) is 159 cm³/mol. The van der Waals surface area contributed by atoms with E-state index in [0.717, 1.165) is 24.0 Å². The molecule has 0 bridgehead atoms. The van der Waals surface area contributed by atoms with Crippen molar-refractivity contribution in [2.45, 2.75) is 51.0 Å². The molecule has 0 saturated carbocycles. The third-order valence-corrected chi connectivity index (χ3v) is 8.81. The Balaban J connectivity index is 1.47. The van der Waals surface area contributed by atoms with Crippen LogP contribution in [0.25, 0.3) is 22.2 Å². The van der Waals surface area contributed by atoms with Crippen molar-refractivity contribution in [1.29, 1.82) is 0 Å². The molecular weight excluding hydrogens is 564 g/mol. The molecule has 0 atom stereocenters. The predicted octanol–water partition coefficient (Wildman–Crippen LogP) is 5.75. The van der Waals surface area contributed by atoms with Crippen LogP contribution in [0, 0.1) is 12.8 Å². The van der Waals surface area contributed by atoms with Crippen molar-refractivity contribution in [3.63, 3.8) is 0 Å². The molecule has 1 N–H and O–H groups in total. The number of ether oxygens (including phenoxy) is 1. The second-order valence-electron chi connectivity index (χ2n) is 11.2. The normalized spacial score (nSPS) is 14.8. The maximum absolute atomic E-state index is 13.8. The molecule has 1 aliphatic rings. The SMILES string of the molecule is Cc1ccc(S(=O)(=O)n2cc(-c3ccncc3)c3c(NCC4CCN(C(=O)OC(C)(C)C)CC4)nc(Cl)nc32)cc1. The largest absolute Gasteiger partial charge is 0.444 e. The first kappa shape index (κ1) is 28.8. The van der Waals surface area contributed by atoms with Crippen molar-refractivity contribution in [2.24, 2.45) is 5.92 Å². The van der Waals surface area contributed by atoms with Gasteiger partial charge < -0.3 is 15.0 Å². The molecule has 1 amide bonds. The molecule has 1 aliphatic heterocycles. The van der Waals surface area contributed by atoms with Crippen LogP contribution in [-0.2, 0) is 14.8 Å². The molecule has 0 radical (unpaired) electrons. The van der Waals surface area contributed by atoms with Crippen LogP contribution in [0.3, 0.4) is 0 Å². The summed E-state index contributed by atoms with van der Waals surface area (Å²) >= 11 is 6.36. The Hall–Kier alpha value is -3.70. The Bertz CT molecular complexity index is 1660. The lowest BCUT2D eigenvalue weighted by molar-refractivity contribution is 0.0188. The molecule has 1 aromatic carbocycles. The van der Waals surface area contributed by atoms with E-state index < -0.39 is 15.6 Å². The van der Waals surface area contributed by atoms with Crippen LogP contribution in [0.4, 0.5) is 10.6 Å². The number of rotatable bonds is 6. The summed E-state index contributed by atoms with van der Waals surface area (Å²) in [6.07, 6.45) is 6.13. The van der Waals surface area contributed by atoms with Crippen LogP contribution >= 0.6 is 11.6 Å². The highest BCUT2D eigenvalue weighted by atomic mass is 35.5. The fourth-order valence-electron chi connectivity index (χ4n) is 4.85. The van der Waals surface area contributed by atoms with E-state index >= 15 is 0 Å². The van der Waals surface area contributed by atoms with Crippen molar-refractivity contribution in [3.05, 3.63) is 65.8 Å². The van der Waals surface area contributed by atoms with Crippen LogP contribution in [0.5, 0.6) is 0 Å². The molecule has 0 spiro atoms. The van der Waals surface area contributed by atoms with E-state index in [0.29, 0.717) is 36.4 Å². The number of amides is 1. The average molecular weight is 597 g/mol. The summed E-state index contributed by atoms with van der Waals surface area (Å²) in [7, 11) is -3.99. The van der Waals surface area contributed by atoms with E-state index in [1.807, 2.05) is 39.8 Å². The van der Waals surface area contributed by atoms with E-state index in [2.05, 4.69) is 20.3 Å². The highest BCUT2D eigenvalue weighted by Crippen LogP contribution is 2.37. The summed E-state index contributed by atoms with van der Waals surface area (Å²) in [5.41, 5.74) is 2.00. The number of fused-ring (bicyclic) bond motifs is 1. The standard InChI is InChI=1S/C29H33ClN6O4S/c1-19-5-7-22(8-6-19)41(38,39)36-18-23(21-9-13-31-14-10-21)24-25(33-27(30)34-26(24)36)32-17-20-11-15-35(16-12-20)28(37)40-29(2,3)4/h5-10,13-14,18,20H,11-12,15-17H2,1-4H3,(H,32,33,34). The molecule has 0 aliphatic carbocycles. The number of nitrogens with one attached hydrogen (secondary N) is 1. The maximum atomic E-state index is 13.8. The highest BCUT2D eigenvalue weighted by molar-refractivity contribution is 7.90. The number of nitrogens with zero attached hydrogens (tertiary/aromatic N) is 5. The first-order valence-electron chi connectivity index (χ1n) is 13.5. The quantitative estimate of drug-likeness (QED) is 0.279. The Morgan fingerprint density at radius 1 is 1.07 bits per heavy atom. The molecule has 3 aromatic heterocycles. The van der Waals surface area contributed by atoms with Crippen LogP contribution in [0.2, 0.25) is 5.28 Å². The molecule has 12 heteroatoms. The third-order valence-electron chi connectivity index (χ3n) is 6.98. The second kappa shape index (κ2) is 11.3. The smallest absolute Gasteiger partial charge is 0.410 e. The number of pyridine rings is 1. The van der Waals surface area contributed by atoms with E-state index in [1.165, 1.54) is 3.97 Å². The summed E-state index contributed by atoms with van der Waals surface area (Å²) < 4.78 is 34.3. The number of carbonyl (C=O) groups is 1. The topological polar surface area (TPSA) is 119 Å². The Labute approximate surface area is 244 Å². The molecule has 10 nitrogen and oxygen atoms in total. The summed E-state index contributed by atoms with van der Waals surface area (Å²) in [4.78, 5) is 27.3. The number of aryl methyl sites for hydroxylation is 1. The Morgan fingerprint density at radius 2 is 1.73 bits per heavy atom. The Kier molecular flexibility index (Phi) is 7.93. The van der Waals surface area contributed by atoms with Gasteiger partial charge in [0.1, 0.15) is 11.4 Å². The van der Waals surface area contributed by atoms with Gasteiger partial charge in [0.2, 0.25) is 5.28 Å². The van der Waals surface area contributed by atoms with Gasteiger partial charge >= 0.3 is 6.09 Å². The number of hydrogen-bond acceptors (Lipinski definition) is 8. The van der Waals surface area contributed by atoms with Gasteiger partial charge in [-0.15, -0.1) is 0 Å². The molecule has 1 fully saturated rings. The van der Waals surface area contributed by atoms with Crippen molar-refractivity contribution in [3.8, 4) is 11.1 Å². The lowest BCUT2D eigenvalue weighted by Gasteiger charge is -2.33. The van der Waals surface area contributed by atoms with Gasteiger partial charge in [0.05, 0.1) is 10.3 Å². The summed E-state index contributed by atoms with van der Waals surface area (Å²) in [5.74, 6) is 0.708. The lowest BCUT2D eigenvalue weighted by Crippen LogP contribution is -2.42. The van der Waals surface area contributed by atoms with E-state index in [1.54, 1.807) is 47.8 Å².